The maximum Gasteiger partial charge on any atom is 0.256 e. The zero-order chi connectivity index (χ0) is 12.6. The van der Waals surface area contributed by atoms with Crippen LogP contribution in [0.1, 0.15) is 11.3 Å². The second-order valence-electron chi connectivity index (χ2n) is 4.49. The number of nitrogens with zero attached hydrogens (tertiary/aromatic N) is 1. The van der Waals surface area contributed by atoms with Gasteiger partial charge in [-0.15, -0.1) is 0 Å². The molecule has 1 aromatic heterocycles. The lowest BCUT2D eigenvalue weighted by molar-refractivity contribution is 0.402. The van der Waals surface area contributed by atoms with Crippen molar-refractivity contribution in [3.63, 3.8) is 0 Å². The van der Waals surface area contributed by atoms with Gasteiger partial charge in [0.05, 0.1) is 0 Å². The number of H-pyrrole nitrogens is 1. The van der Waals surface area contributed by atoms with E-state index in [0.29, 0.717) is 10.4 Å². The van der Waals surface area contributed by atoms with Crippen molar-refractivity contribution in [2.45, 2.75) is 13.5 Å². The number of aryl methyl sites for hydroxylation is 1. The van der Waals surface area contributed by atoms with Crippen molar-refractivity contribution >= 4 is 22.4 Å². The molecule has 2 rings (SSSR count). The van der Waals surface area contributed by atoms with Crippen LogP contribution in [-0.4, -0.2) is 24.0 Å². The van der Waals surface area contributed by atoms with Crippen LogP contribution in [0, 0.1) is 6.92 Å². The fraction of sp³-hybridized carbons (Fsp3) is 0.308. The average molecular weight is 251 g/mol. The van der Waals surface area contributed by atoms with Crippen molar-refractivity contribution in [3.05, 3.63) is 44.8 Å². The Bertz CT molecular complexity index is 617. The number of pyridine rings is 1. The number of hydrogen-bond donors (Lipinski definition) is 1. The van der Waals surface area contributed by atoms with Crippen LogP contribution < -0.4 is 5.56 Å². The van der Waals surface area contributed by atoms with Gasteiger partial charge in [0.2, 0.25) is 0 Å². The largest absolute Gasteiger partial charge is 0.326 e. The zero-order valence-electron chi connectivity index (χ0n) is 10.2. The highest BCUT2D eigenvalue weighted by molar-refractivity contribution is 6.31. The normalized spacial score (nSPS) is 11.4. The highest BCUT2D eigenvalue weighted by atomic mass is 35.5. The van der Waals surface area contributed by atoms with Gasteiger partial charge >= 0.3 is 0 Å². The maximum atomic E-state index is 11.9. The number of fused-ring (bicyclic) bond motifs is 1. The Labute approximate surface area is 105 Å². The van der Waals surface area contributed by atoms with E-state index in [9.17, 15) is 4.79 Å². The molecule has 90 valence electrons. The molecule has 1 N–H and O–H groups in total. The second kappa shape index (κ2) is 4.51. The molecule has 0 fully saturated rings. The van der Waals surface area contributed by atoms with Gasteiger partial charge in [0.1, 0.15) is 0 Å². The number of rotatable bonds is 2. The third-order valence-electron chi connectivity index (χ3n) is 2.78. The van der Waals surface area contributed by atoms with Gasteiger partial charge in [0.25, 0.3) is 5.56 Å². The van der Waals surface area contributed by atoms with E-state index < -0.39 is 0 Å². The predicted molar refractivity (Wildman–Crippen MR) is 71.7 cm³/mol. The minimum atomic E-state index is -0.0810. The number of halogens is 1. The summed E-state index contributed by atoms with van der Waals surface area (Å²) in [6.45, 7) is 2.72. The molecule has 0 aliphatic heterocycles. The number of benzene rings is 1. The van der Waals surface area contributed by atoms with E-state index in [-0.39, 0.29) is 5.56 Å². The van der Waals surface area contributed by atoms with Gasteiger partial charge in [-0.1, -0.05) is 17.7 Å². The molecular weight excluding hydrogens is 236 g/mol. The molecule has 0 spiro atoms. The van der Waals surface area contributed by atoms with Gasteiger partial charge in [-0.2, -0.15) is 0 Å². The highest BCUT2D eigenvalue weighted by Crippen LogP contribution is 2.22. The quantitative estimate of drug-likeness (QED) is 0.889. The molecule has 1 heterocycles. The lowest BCUT2D eigenvalue weighted by Gasteiger charge is -2.14. The summed E-state index contributed by atoms with van der Waals surface area (Å²) in [5.74, 6) is 0. The van der Waals surface area contributed by atoms with E-state index in [0.717, 1.165) is 23.2 Å². The molecule has 0 atom stereocenters. The van der Waals surface area contributed by atoms with E-state index in [4.69, 9.17) is 11.6 Å². The molecule has 0 bridgehead atoms. The number of aromatic nitrogens is 1. The third-order valence-corrected chi connectivity index (χ3v) is 3.01. The summed E-state index contributed by atoms with van der Waals surface area (Å²) in [4.78, 5) is 16.8. The smallest absolute Gasteiger partial charge is 0.256 e. The Hall–Kier alpha value is -1.32. The van der Waals surface area contributed by atoms with Crippen molar-refractivity contribution in [2.24, 2.45) is 0 Å². The number of aromatic amines is 1. The van der Waals surface area contributed by atoms with Gasteiger partial charge in [-0.05, 0) is 44.1 Å². The Morgan fingerprint density at radius 1 is 1.29 bits per heavy atom. The summed E-state index contributed by atoms with van der Waals surface area (Å²) in [6.07, 6.45) is 0. The second-order valence-corrected chi connectivity index (χ2v) is 4.92. The Balaban J connectivity index is 2.78. The molecule has 0 radical (unpaired) electrons. The molecular formula is C13H15ClN2O. The molecule has 0 aliphatic rings. The van der Waals surface area contributed by atoms with Crippen LogP contribution in [0.15, 0.2) is 23.0 Å². The van der Waals surface area contributed by atoms with Crippen molar-refractivity contribution in [1.29, 1.82) is 0 Å². The van der Waals surface area contributed by atoms with Crippen LogP contribution in [0.3, 0.4) is 0 Å². The minimum Gasteiger partial charge on any atom is -0.326 e. The van der Waals surface area contributed by atoms with Crippen LogP contribution in [0.25, 0.3) is 10.8 Å². The van der Waals surface area contributed by atoms with Crippen molar-refractivity contribution in [3.8, 4) is 0 Å². The summed E-state index contributed by atoms with van der Waals surface area (Å²) >= 11 is 5.93. The van der Waals surface area contributed by atoms with E-state index in [1.54, 1.807) is 6.07 Å². The Kier molecular flexibility index (Phi) is 3.22. The van der Waals surface area contributed by atoms with E-state index in [1.807, 2.05) is 33.2 Å². The predicted octanol–water partition coefficient (Wildman–Crippen LogP) is 2.55. The molecule has 0 saturated carbocycles. The molecule has 0 aliphatic carbocycles. The first-order valence-corrected chi connectivity index (χ1v) is 5.82. The number of nitrogens with one attached hydrogen (secondary N) is 1. The van der Waals surface area contributed by atoms with Crippen LogP contribution in [-0.2, 0) is 6.54 Å². The van der Waals surface area contributed by atoms with Gasteiger partial charge in [-0.3, -0.25) is 4.79 Å². The first-order chi connectivity index (χ1) is 7.99. The highest BCUT2D eigenvalue weighted by Gasteiger charge is 2.09. The molecule has 0 saturated heterocycles. The standard InChI is InChI=1S/C13H15ClN2O/c1-8-12(7-16(2)3)10-5-4-9(14)6-11(10)13(17)15-8/h4-6H,7H2,1-3H3,(H,15,17). The maximum absolute atomic E-state index is 11.9. The van der Waals surface area contributed by atoms with Crippen LogP contribution in [0.4, 0.5) is 0 Å². The fourth-order valence-electron chi connectivity index (χ4n) is 2.00. The molecule has 2 aromatic rings. The molecule has 0 amide bonds. The average Bonchev–Trinajstić information content (AvgIpc) is 2.24. The summed E-state index contributed by atoms with van der Waals surface area (Å²) in [7, 11) is 4.01. The van der Waals surface area contributed by atoms with Crippen molar-refractivity contribution in [1.82, 2.24) is 9.88 Å². The topological polar surface area (TPSA) is 36.1 Å². The Morgan fingerprint density at radius 2 is 2.00 bits per heavy atom. The Morgan fingerprint density at radius 3 is 2.65 bits per heavy atom. The molecule has 3 nitrogen and oxygen atoms in total. The molecule has 0 unspecified atom stereocenters. The molecule has 17 heavy (non-hydrogen) atoms. The van der Waals surface area contributed by atoms with Crippen LogP contribution in [0.5, 0.6) is 0 Å². The summed E-state index contributed by atoms with van der Waals surface area (Å²) < 4.78 is 0. The summed E-state index contributed by atoms with van der Waals surface area (Å²) in [6, 6.07) is 5.45. The fourth-order valence-corrected chi connectivity index (χ4v) is 2.17. The first kappa shape index (κ1) is 12.1. The number of hydrogen-bond acceptors (Lipinski definition) is 2. The monoisotopic (exact) mass is 250 g/mol. The van der Waals surface area contributed by atoms with Gasteiger partial charge in [0.15, 0.2) is 0 Å². The van der Waals surface area contributed by atoms with E-state index in [2.05, 4.69) is 9.88 Å². The SMILES string of the molecule is Cc1[nH]c(=O)c2cc(Cl)ccc2c1CN(C)C. The van der Waals surface area contributed by atoms with E-state index in [1.165, 1.54) is 0 Å². The summed E-state index contributed by atoms with van der Waals surface area (Å²) in [5.41, 5.74) is 1.97. The van der Waals surface area contributed by atoms with Crippen molar-refractivity contribution < 1.29 is 0 Å². The molecule has 4 heteroatoms. The van der Waals surface area contributed by atoms with Crippen LogP contribution in [0.2, 0.25) is 5.02 Å². The summed E-state index contributed by atoms with van der Waals surface area (Å²) in [5, 5.41) is 2.21. The lowest BCUT2D eigenvalue weighted by Crippen LogP contribution is -2.16. The van der Waals surface area contributed by atoms with Gasteiger partial charge in [0, 0.05) is 22.6 Å². The first-order valence-electron chi connectivity index (χ1n) is 5.45. The third kappa shape index (κ3) is 2.35. The van der Waals surface area contributed by atoms with Gasteiger partial charge in [-0.25, -0.2) is 0 Å². The van der Waals surface area contributed by atoms with Gasteiger partial charge < -0.3 is 9.88 Å². The van der Waals surface area contributed by atoms with Crippen LogP contribution >= 0.6 is 11.6 Å². The minimum absolute atomic E-state index is 0.0810. The zero-order valence-corrected chi connectivity index (χ0v) is 10.9. The molecule has 1 aromatic carbocycles. The van der Waals surface area contributed by atoms with E-state index >= 15 is 0 Å². The lowest BCUT2D eigenvalue weighted by atomic mass is 10.0. The van der Waals surface area contributed by atoms with Crippen molar-refractivity contribution in [2.75, 3.05) is 14.1 Å².